The Morgan fingerprint density at radius 1 is 0.132 bits per heavy atom. The van der Waals surface area contributed by atoms with Gasteiger partial charge in [-0.1, -0.05) is 413 Å². The van der Waals surface area contributed by atoms with Gasteiger partial charge >= 0.3 is 0 Å². The molecule has 3 aromatic heterocycles. The van der Waals surface area contributed by atoms with Gasteiger partial charge in [0, 0.05) is 43.8 Å². The van der Waals surface area contributed by atoms with Crippen molar-refractivity contribution in [3.05, 3.63) is 623 Å². The van der Waals surface area contributed by atoms with Crippen molar-refractivity contribution in [1.82, 2.24) is 39.9 Å². The number of nitrogens with one attached hydrogen (secondary N) is 2. The zero-order chi connectivity index (χ0) is 95.8. The Hall–Kier alpha value is -19.0. The third-order valence-electron chi connectivity index (χ3n) is 28.3. The molecule has 25 rings (SSSR count). The highest BCUT2D eigenvalue weighted by Gasteiger charge is 2.43. The van der Waals surface area contributed by atoms with Crippen LogP contribution in [0.5, 0.6) is 46.0 Å². The predicted molar refractivity (Wildman–Crippen MR) is 575 cm³/mol. The van der Waals surface area contributed by atoms with Gasteiger partial charge in [0.25, 0.3) is 0 Å². The standard InChI is InChI=1S/C132H90N8O4/c1-13-37-89(38-14-1)129(90-39-15-2-16-40-90,91-41-17-3-18-42-91)101-61-69-105(70-62-101)141-109-77-81-113-117(85-109)125-133-121(113)138-126-119-87-111(143-107-73-65-103(66-74-107)131(95-49-25-7-26-50-95,96-51-27-8-28-52-96)97-53-29-9-30-54-97)79-83-115(119)123(135-126)140-128-120-88-112(144-108-75-67-104(68-76-108)132(98-55-31-10-32-56-98,99-57-33-11-34-58-99)100-59-35-12-36-60-100)80-84-116(120)124(136-128)139-127-118-86-110(78-82-114(118)122(134-127)137-125)142-106-71-63-102(64-72-106)130(92-43-19-4-20-44-92,93-45-21-5-22-46-93)94-47-23-6-24-48-94/h1-88H,(H2,133,134,135,136,137,138,139,140). The maximum Gasteiger partial charge on any atom is 0.164 e. The molecule has 12 nitrogen and oxygen atoms in total. The van der Waals surface area contributed by atoms with Crippen molar-refractivity contribution >= 4 is 44.1 Å². The van der Waals surface area contributed by atoms with E-state index in [-0.39, 0.29) is 0 Å². The Kier molecular flexibility index (Phi) is 22.3. The lowest BCUT2D eigenvalue weighted by molar-refractivity contribution is 0.482. The first-order chi connectivity index (χ1) is 71.3. The fourth-order valence-electron chi connectivity index (χ4n) is 21.9. The smallest absolute Gasteiger partial charge is 0.164 e. The summed E-state index contributed by atoms with van der Waals surface area (Å²) >= 11 is 0. The van der Waals surface area contributed by atoms with E-state index in [2.05, 4.69) is 471 Å². The Morgan fingerprint density at radius 3 is 0.493 bits per heavy atom. The molecule has 682 valence electrons. The van der Waals surface area contributed by atoms with Crippen molar-refractivity contribution < 1.29 is 18.9 Å². The van der Waals surface area contributed by atoms with E-state index in [1.807, 2.05) is 72.8 Å². The summed E-state index contributed by atoms with van der Waals surface area (Å²) in [5.74, 6) is 6.28. The minimum absolute atomic E-state index is 0.371. The number of benzene rings is 20. The van der Waals surface area contributed by atoms with Crippen LogP contribution in [0.25, 0.3) is 89.7 Å². The van der Waals surface area contributed by atoms with Crippen LogP contribution in [0.4, 0.5) is 0 Å². The first-order valence-electron chi connectivity index (χ1n) is 48.5. The molecule has 144 heavy (non-hydrogen) atoms. The molecule has 2 N–H and O–H groups in total. The molecule has 23 aromatic rings. The van der Waals surface area contributed by atoms with Crippen LogP contribution >= 0.6 is 0 Å². The van der Waals surface area contributed by atoms with E-state index in [1.165, 1.54) is 0 Å². The number of hydrogen-bond donors (Lipinski definition) is 2. The van der Waals surface area contributed by atoms with E-state index in [0.717, 1.165) is 99.8 Å². The molecule has 2 aliphatic heterocycles. The zero-order valence-corrected chi connectivity index (χ0v) is 78.1. The second kappa shape index (κ2) is 37.0. The van der Waals surface area contributed by atoms with Crippen molar-refractivity contribution in [3.63, 3.8) is 0 Å². The van der Waals surface area contributed by atoms with Crippen molar-refractivity contribution in [3.8, 4) is 91.5 Å². The second-order valence-corrected chi connectivity index (χ2v) is 36.3. The van der Waals surface area contributed by atoms with Crippen LogP contribution in [0.1, 0.15) is 89.0 Å². The second-order valence-electron chi connectivity index (χ2n) is 36.3. The van der Waals surface area contributed by atoms with Gasteiger partial charge in [0.15, 0.2) is 23.3 Å². The van der Waals surface area contributed by atoms with Gasteiger partial charge in [0.05, 0.1) is 21.7 Å². The quantitative estimate of drug-likeness (QED) is 0.0561. The maximum absolute atomic E-state index is 7.05. The average molecular weight is 1850 g/mol. The van der Waals surface area contributed by atoms with E-state index in [1.54, 1.807) is 0 Å². The van der Waals surface area contributed by atoms with Gasteiger partial charge < -0.3 is 28.9 Å². The summed E-state index contributed by atoms with van der Waals surface area (Å²) in [6.45, 7) is 0. The van der Waals surface area contributed by atoms with Gasteiger partial charge in [-0.3, -0.25) is 0 Å². The summed E-state index contributed by atoms with van der Waals surface area (Å²) in [5.41, 5.74) is 19.9. The first-order valence-corrected chi connectivity index (χ1v) is 48.5. The molecule has 12 heteroatoms. The highest BCUT2D eigenvalue weighted by Crippen LogP contribution is 2.53. The molecule has 0 fully saturated rings. The Morgan fingerprint density at radius 2 is 0.292 bits per heavy atom. The topological polar surface area (TPSA) is 146 Å². The van der Waals surface area contributed by atoms with Gasteiger partial charge in [-0.25, -0.2) is 29.9 Å². The maximum atomic E-state index is 7.05. The van der Waals surface area contributed by atoms with Crippen molar-refractivity contribution in [2.45, 2.75) is 21.7 Å². The summed E-state index contributed by atoms with van der Waals surface area (Å²) in [4.78, 5) is 41.0. The van der Waals surface area contributed by atoms with Crippen LogP contribution in [-0.4, -0.2) is 39.9 Å². The Bertz CT molecular complexity index is 7890. The minimum Gasteiger partial charge on any atom is -0.457 e. The lowest BCUT2D eigenvalue weighted by Crippen LogP contribution is -2.30. The van der Waals surface area contributed by atoms with Gasteiger partial charge in [0.2, 0.25) is 0 Å². The Balaban J connectivity index is 0.652. The molecule has 0 aliphatic carbocycles. The third-order valence-corrected chi connectivity index (χ3v) is 28.3. The molecular formula is C132H90N8O4. The molecule has 0 atom stereocenters. The monoisotopic (exact) mass is 1850 g/mol. The number of aromatic amines is 2. The van der Waals surface area contributed by atoms with Crippen LogP contribution in [0, 0.1) is 0 Å². The third kappa shape index (κ3) is 15.4. The summed E-state index contributed by atoms with van der Waals surface area (Å²) < 4.78 is 28.2. The summed E-state index contributed by atoms with van der Waals surface area (Å²) in [6.07, 6.45) is 0. The highest BCUT2D eigenvalue weighted by atomic mass is 16.5. The van der Waals surface area contributed by atoms with Crippen LogP contribution in [0.15, 0.2) is 534 Å². The molecule has 8 bridgehead atoms. The van der Waals surface area contributed by atoms with Gasteiger partial charge in [-0.2, -0.15) is 0 Å². The Labute approximate surface area is 833 Å². The van der Waals surface area contributed by atoms with Crippen LogP contribution < -0.4 is 18.9 Å². The molecule has 2 aliphatic rings. The first kappa shape index (κ1) is 86.5. The molecule has 20 aromatic carbocycles. The van der Waals surface area contributed by atoms with E-state index in [4.69, 9.17) is 48.9 Å². The van der Waals surface area contributed by atoms with Gasteiger partial charge in [-0.15, -0.1) is 0 Å². The normalized spacial score (nSPS) is 11.9. The molecule has 5 heterocycles. The minimum atomic E-state index is -0.670. The number of hydrogen-bond acceptors (Lipinski definition) is 10. The number of aromatic nitrogens is 8. The average Bonchev–Trinajstić information content (AvgIpc) is 1.02. The van der Waals surface area contributed by atoms with E-state index in [9.17, 15) is 0 Å². The molecular weight excluding hydrogens is 1760 g/mol. The van der Waals surface area contributed by atoms with Crippen molar-refractivity contribution in [2.24, 2.45) is 0 Å². The van der Waals surface area contributed by atoms with Crippen LogP contribution in [0.3, 0.4) is 0 Å². The summed E-state index contributed by atoms with van der Waals surface area (Å²) in [6, 6.07) is 186. The number of fused-ring (bicyclic) bond motifs is 20. The zero-order valence-electron chi connectivity index (χ0n) is 78.1. The van der Waals surface area contributed by atoms with E-state index in [0.29, 0.717) is 125 Å². The summed E-state index contributed by atoms with van der Waals surface area (Å²) in [7, 11) is 0. The molecule has 0 spiro atoms. The van der Waals surface area contributed by atoms with Gasteiger partial charge in [-0.05, 0) is 210 Å². The molecule has 0 saturated heterocycles. The molecule has 0 unspecified atom stereocenters. The lowest BCUT2D eigenvalue weighted by atomic mass is 9.65. The largest absolute Gasteiger partial charge is 0.457 e. The highest BCUT2D eigenvalue weighted by molar-refractivity contribution is 6.07. The van der Waals surface area contributed by atoms with E-state index < -0.39 is 21.7 Å². The fourth-order valence-corrected chi connectivity index (χ4v) is 21.9. The van der Waals surface area contributed by atoms with Crippen LogP contribution in [-0.2, 0) is 21.7 Å². The number of rotatable bonds is 24. The molecule has 0 amide bonds. The van der Waals surface area contributed by atoms with Crippen molar-refractivity contribution in [2.75, 3.05) is 0 Å². The SMILES string of the molecule is c1ccc(C(c2ccccc2)(c2ccccc2)c2ccc(Oc3ccc4c(c3)-c3nc-4nc4[nH]c(nc5nc(nc6[nH]c(n3)c3ccc(Oc7ccc(C(c8ccccc8)(c8ccccc8)c8ccccc8)cc7)cc63)-c3ccc(Oc6ccc(C(c7ccccc7)(c7ccccc7)c7ccccc7)cc6)cc3-5)c3ccc(Oc5ccc(C(c6ccccc6)(c6ccccc6)c6ccccc6)cc5)cc43)cc2)cc1. The van der Waals surface area contributed by atoms with Gasteiger partial charge in [0.1, 0.15) is 68.6 Å². The number of ether oxygens (including phenoxy) is 4. The van der Waals surface area contributed by atoms with Crippen molar-refractivity contribution in [1.29, 1.82) is 0 Å². The van der Waals surface area contributed by atoms with E-state index >= 15 is 0 Å². The molecule has 0 radical (unpaired) electrons. The fraction of sp³-hybridized carbons (Fsp3) is 0.0303. The molecule has 0 saturated carbocycles. The number of H-pyrrole nitrogens is 2. The lowest BCUT2D eigenvalue weighted by Gasteiger charge is -2.36. The summed E-state index contributed by atoms with van der Waals surface area (Å²) in [5, 5.41) is 2.88. The number of nitrogens with zero attached hydrogens (tertiary/aromatic N) is 6. The van der Waals surface area contributed by atoms with Crippen LogP contribution in [0.2, 0.25) is 0 Å². The predicted octanol–water partition coefficient (Wildman–Crippen LogP) is 31.6.